The summed E-state index contributed by atoms with van der Waals surface area (Å²) in [5.74, 6) is -2.81. The minimum absolute atomic E-state index is 0.0637. The lowest BCUT2D eigenvalue weighted by Gasteiger charge is -2.06. The summed E-state index contributed by atoms with van der Waals surface area (Å²) >= 11 is 0. The fourth-order valence-electron chi connectivity index (χ4n) is 2.71. The first kappa shape index (κ1) is 32.4. The molecule has 3 rings (SSSR count). The molecule has 0 aromatic heterocycles. The van der Waals surface area contributed by atoms with Gasteiger partial charge < -0.3 is 29.6 Å². The third-order valence-electron chi connectivity index (χ3n) is 4.75. The van der Waals surface area contributed by atoms with Gasteiger partial charge in [-0.15, -0.1) is 0 Å². The largest absolute Gasteiger partial charge is 0.545 e. The fraction of sp³-hybridized carbons (Fsp3) is 0.167. The van der Waals surface area contributed by atoms with Gasteiger partial charge >= 0.3 is 0 Å². The molecule has 14 heteroatoms. The molecular formula is C24H28N2O10S2. The molecule has 0 spiro atoms. The highest BCUT2D eigenvalue weighted by Gasteiger charge is 2.12. The van der Waals surface area contributed by atoms with E-state index < -0.39 is 32.2 Å². The Morgan fingerprint density at radius 3 is 1.18 bits per heavy atom. The van der Waals surface area contributed by atoms with Crippen molar-refractivity contribution in [3.05, 3.63) is 83.9 Å². The molecule has 3 aromatic carbocycles. The van der Waals surface area contributed by atoms with Crippen molar-refractivity contribution in [3.8, 4) is 0 Å². The van der Waals surface area contributed by atoms with Crippen LogP contribution >= 0.6 is 0 Å². The molecule has 0 fully saturated rings. The van der Waals surface area contributed by atoms with Gasteiger partial charge in [-0.1, -0.05) is 30.3 Å². The number of rotatable bonds is 6. The van der Waals surface area contributed by atoms with Gasteiger partial charge in [-0.3, -0.25) is 9.11 Å². The van der Waals surface area contributed by atoms with Crippen molar-refractivity contribution < 1.29 is 55.5 Å². The number of carbonyl (C=O) groups excluding carboxylic acids is 2. The molecular weight excluding hydrogens is 540 g/mol. The molecule has 0 aliphatic heterocycles. The average Bonchev–Trinajstić information content (AvgIpc) is 2.84. The minimum atomic E-state index is -4.07. The Morgan fingerprint density at radius 2 is 0.921 bits per heavy atom. The van der Waals surface area contributed by atoms with Gasteiger partial charge in [0.1, 0.15) is 11.4 Å². The number of quaternary nitrogens is 2. The average molecular weight is 569 g/mol. The molecule has 0 aliphatic rings. The third kappa shape index (κ3) is 10.8. The number of hydrogen-bond donors (Lipinski definition) is 4. The van der Waals surface area contributed by atoms with E-state index in [1.165, 1.54) is 42.5 Å². The first-order chi connectivity index (χ1) is 17.4. The van der Waals surface area contributed by atoms with Crippen molar-refractivity contribution in [1.29, 1.82) is 0 Å². The Balaban J connectivity index is 0.000000285. The molecule has 0 heterocycles. The lowest BCUT2D eigenvalue weighted by molar-refractivity contribution is -0.786. The highest BCUT2D eigenvalue weighted by atomic mass is 32.2. The van der Waals surface area contributed by atoms with Crippen LogP contribution in [-0.4, -0.2) is 66.1 Å². The number of hydrogen-bond acceptors (Lipinski definition) is 8. The fourth-order valence-corrected chi connectivity index (χ4v) is 3.76. The van der Waals surface area contributed by atoms with E-state index in [4.69, 9.17) is 9.11 Å². The SMILES string of the molecule is C[NH+](C)c1cccc(S(=O)(=O)O)c1.C[NH+](C)c1cccc(S(=O)(=O)O)c1.O=C([O-])c1cccc(C(=O)[O-])c1. The van der Waals surface area contributed by atoms with E-state index >= 15 is 0 Å². The number of carboxylic acids is 2. The first-order valence-corrected chi connectivity index (χ1v) is 13.6. The quantitative estimate of drug-likeness (QED) is 0.237. The van der Waals surface area contributed by atoms with Crippen LogP contribution in [0.4, 0.5) is 11.4 Å². The predicted octanol–water partition coefficient (Wildman–Crippen LogP) is -2.17. The highest BCUT2D eigenvalue weighted by Crippen LogP contribution is 2.12. The summed E-state index contributed by atoms with van der Waals surface area (Å²) in [7, 11) is -0.632. The lowest BCUT2D eigenvalue weighted by Crippen LogP contribution is -3.00. The summed E-state index contributed by atoms with van der Waals surface area (Å²) in [6, 6.07) is 17.2. The van der Waals surface area contributed by atoms with Crippen LogP contribution in [0.5, 0.6) is 0 Å². The normalized spacial score (nSPS) is 11.2. The molecule has 0 aliphatic carbocycles. The maximum atomic E-state index is 10.8. The van der Waals surface area contributed by atoms with Crippen molar-refractivity contribution in [3.63, 3.8) is 0 Å². The number of carboxylic acid groups (broad SMARTS) is 2. The zero-order valence-electron chi connectivity index (χ0n) is 20.9. The van der Waals surface area contributed by atoms with Crippen LogP contribution in [0.1, 0.15) is 20.7 Å². The van der Waals surface area contributed by atoms with Gasteiger partial charge in [0.25, 0.3) is 20.2 Å². The zero-order valence-corrected chi connectivity index (χ0v) is 22.5. The smallest absolute Gasteiger partial charge is 0.294 e. The van der Waals surface area contributed by atoms with Crippen molar-refractivity contribution in [2.75, 3.05) is 28.2 Å². The molecule has 12 nitrogen and oxygen atoms in total. The van der Waals surface area contributed by atoms with Crippen LogP contribution in [0.25, 0.3) is 0 Å². The van der Waals surface area contributed by atoms with Crippen LogP contribution in [0.3, 0.4) is 0 Å². The maximum absolute atomic E-state index is 10.8. The van der Waals surface area contributed by atoms with Crippen molar-refractivity contribution >= 4 is 43.5 Å². The van der Waals surface area contributed by atoms with E-state index in [0.29, 0.717) is 0 Å². The lowest BCUT2D eigenvalue weighted by atomic mass is 10.1. The second-order valence-corrected chi connectivity index (χ2v) is 11.0. The Hall–Kier alpha value is -3.66. The number of carbonyl (C=O) groups is 2. The number of benzene rings is 3. The molecule has 0 atom stereocenters. The van der Waals surface area contributed by atoms with Gasteiger partial charge in [0.05, 0.1) is 49.9 Å². The summed E-state index contributed by atoms with van der Waals surface area (Å²) in [5.41, 5.74) is 1.29. The van der Waals surface area contributed by atoms with Gasteiger partial charge in [0.15, 0.2) is 0 Å². The summed E-state index contributed by atoms with van der Waals surface area (Å²) in [6.07, 6.45) is 0. The van der Waals surface area contributed by atoms with E-state index in [0.717, 1.165) is 27.2 Å². The van der Waals surface area contributed by atoms with Crippen LogP contribution in [0, 0.1) is 0 Å². The highest BCUT2D eigenvalue weighted by molar-refractivity contribution is 7.86. The van der Waals surface area contributed by atoms with Gasteiger partial charge in [0, 0.05) is 12.1 Å². The third-order valence-corrected chi connectivity index (χ3v) is 6.45. The second kappa shape index (κ2) is 13.8. The number of aromatic carboxylic acids is 2. The predicted molar refractivity (Wildman–Crippen MR) is 133 cm³/mol. The molecule has 4 N–H and O–H groups in total. The maximum Gasteiger partial charge on any atom is 0.294 e. The van der Waals surface area contributed by atoms with Gasteiger partial charge in [-0.05, 0) is 41.5 Å². The van der Waals surface area contributed by atoms with Crippen LogP contribution in [0.2, 0.25) is 0 Å². The first-order valence-electron chi connectivity index (χ1n) is 10.7. The van der Waals surface area contributed by atoms with E-state index in [-0.39, 0.29) is 20.9 Å². The van der Waals surface area contributed by atoms with Crippen LogP contribution in [0.15, 0.2) is 82.6 Å². The van der Waals surface area contributed by atoms with Gasteiger partial charge in [-0.25, -0.2) is 0 Å². The molecule has 0 radical (unpaired) electrons. The summed E-state index contributed by atoms with van der Waals surface area (Å²) in [4.78, 5) is 22.4. The molecule has 206 valence electrons. The van der Waals surface area contributed by atoms with Crippen molar-refractivity contribution in [2.24, 2.45) is 0 Å². The van der Waals surface area contributed by atoms with E-state index in [2.05, 4.69) is 0 Å². The Labute approximate surface area is 220 Å². The summed E-state index contributed by atoms with van der Waals surface area (Å²) in [5, 5.41) is 20.5. The van der Waals surface area contributed by atoms with E-state index in [9.17, 15) is 36.6 Å². The van der Waals surface area contributed by atoms with E-state index in [1.807, 2.05) is 28.2 Å². The molecule has 3 aromatic rings. The monoisotopic (exact) mass is 568 g/mol. The second-order valence-electron chi connectivity index (χ2n) is 8.16. The van der Waals surface area contributed by atoms with Crippen molar-refractivity contribution in [1.82, 2.24) is 0 Å². The van der Waals surface area contributed by atoms with E-state index in [1.54, 1.807) is 24.3 Å². The van der Waals surface area contributed by atoms with Crippen LogP contribution < -0.4 is 20.0 Å². The van der Waals surface area contributed by atoms with Crippen LogP contribution in [-0.2, 0) is 20.2 Å². The Kier molecular flexibility index (Phi) is 11.7. The molecule has 0 unspecified atom stereocenters. The topological polar surface area (TPSA) is 198 Å². The summed E-state index contributed by atoms with van der Waals surface area (Å²) < 4.78 is 60.5. The Bertz CT molecular complexity index is 1380. The molecule has 38 heavy (non-hydrogen) atoms. The number of nitrogens with one attached hydrogen (secondary N) is 2. The molecule has 0 amide bonds. The summed E-state index contributed by atoms with van der Waals surface area (Å²) in [6.45, 7) is 0. The molecule has 0 saturated carbocycles. The van der Waals surface area contributed by atoms with Crippen molar-refractivity contribution in [2.45, 2.75) is 9.79 Å². The minimum Gasteiger partial charge on any atom is -0.545 e. The zero-order chi connectivity index (χ0) is 29.3. The Morgan fingerprint density at radius 1 is 0.605 bits per heavy atom. The van der Waals surface area contributed by atoms with Gasteiger partial charge in [-0.2, -0.15) is 16.8 Å². The van der Waals surface area contributed by atoms with Gasteiger partial charge in [0.2, 0.25) is 0 Å². The molecule has 0 saturated heterocycles. The molecule has 0 bridgehead atoms. The standard InChI is InChI=1S/2C8H11NO3S.C8H6O4/c2*1-9(2)7-4-3-5-8(6-7)13(10,11)12;9-7(10)5-2-1-3-6(4-5)8(11)12/h2*3-6H,1-2H3,(H,10,11,12);1-4H,(H,9,10)(H,11,12).